The minimum Gasteiger partial charge on any atom is -0.312 e. The van der Waals surface area contributed by atoms with Gasteiger partial charge in [-0.25, -0.2) is 0 Å². The number of para-hydroxylation sites is 2. The van der Waals surface area contributed by atoms with Gasteiger partial charge in [-0.2, -0.15) is 10.5 Å². The molecule has 0 fully saturated rings. The van der Waals surface area contributed by atoms with Crippen LogP contribution in [-0.4, -0.2) is 9.13 Å². The first-order valence-corrected chi connectivity index (χ1v) is 17.3. The van der Waals surface area contributed by atoms with Crippen molar-refractivity contribution in [3.8, 4) is 34.6 Å². The highest BCUT2D eigenvalue weighted by Crippen LogP contribution is 2.48. The van der Waals surface area contributed by atoms with E-state index < -0.39 is 0 Å². The van der Waals surface area contributed by atoms with E-state index in [1.165, 1.54) is 43.3 Å². The van der Waals surface area contributed by atoms with Gasteiger partial charge in [-0.1, -0.05) is 84.9 Å². The minimum atomic E-state index is 0.625. The van der Waals surface area contributed by atoms with Gasteiger partial charge in [-0.15, -0.1) is 11.3 Å². The van der Waals surface area contributed by atoms with E-state index in [1.54, 1.807) is 0 Å². The Morgan fingerprint density at radius 2 is 1.39 bits per heavy atom. The number of rotatable bonds is 3. The molecule has 0 saturated heterocycles. The monoisotopic (exact) mass is 642 g/mol. The molecule has 0 unspecified atom stereocenters. The van der Waals surface area contributed by atoms with Crippen molar-refractivity contribution in [1.82, 2.24) is 9.13 Å². The molecule has 10 rings (SSSR count). The molecule has 4 nitrogen and oxygen atoms in total. The molecular weight excluding hydrogens is 617 g/mol. The second-order valence-corrected chi connectivity index (χ2v) is 13.6. The molecule has 3 aromatic heterocycles. The van der Waals surface area contributed by atoms with Crippen molar-refractivity contribution in [2.45, 2.75) is 12.8 Å². The Kier molecular flexibility index (Phi) is 5.96. The van der Waals surface area contributed by atoms with Crippen molar-refractivity contribution < 1.29 is 0 Å². The summed E-state index contributed by atoms with van der Waals surface area (Å²) in [5.74, 6) is 0. The molecule has 0 amide bonds. The first-order valence-electron chi connectivity index (χ1n) is 16.5. The average molecular weight is 643 g/mol. The second-order valence-electron chi connectivity index (χ2n) is 12.6. The molecule has 0 bridgehead atoms. The lowest BCUT2D eigenvalue weighted by Crippen LogP contribution is -2.02. The Hall–Kier alpha value is -6.40. The molecule has 9 aromatic rings. The number of thiophene rings is 1. The zero-order valence-corrected chi connectivity index (χ0v) is 27.1. The van der Waals surface area contributed by atoms with Crippen molar-refractivity contribution in [1.29, 1.82) is 10.5 Å². The quantitative estimate of drug-likeness (QED) is 0.193. The van der Waals surface area contributed by atoms with Crippen molar-refractivity contribution in [3.05, 3.63) is 150 Å². The summed E-state index contributed by atoms with van der Waals surface area (Å²) in [6.45, 7) is 0. The highest BCUT2D eigenvalue weighted by atomic mass is 32.1. The number of allylic oxidation sites excluding steroid dienone is 1. The van der Waals surface area contributed by atoms with E-state index in [-0.39, 0.29) is 0 Å². The van der Waals surface area contributed by atoms with Crippen molar-refractivity contribution in [3.63, 3.8) is 0 Å². The van der Waals surface area contributed by atoms with Gasteiger partial charge in [0.05, 0.1) is 50.2 Å². The third-order valence-electron chi connectivity index (χ3n) is 10.1. The van der Waals surface area contributed by atoms with E-state index in [9.17, 15) is 10.5 Å². The largest absolute Gasteiger partial charge is 0.312 e. The maximum atomic E-state index is 10.6. The normalized spacial score (nSPS) is 12.6. The minimum absolute atomic E-state index is 0.625. The van der Waals surface area contributed by atoms with Crippen molar-refractivity contribution in [2.24, 2.45) is 0 Å². The number of nitriles is 2. The molecule has 3 heterocycles. The Balaban J connectivity index is 1.31. The van der Waals surface area contributed by atoms with Crippen LogP contribution in [0.4, 0.5) is 0 Å². The van der Waals surface area contributed by atoms with E-state index in [0.717, 1.165) is 56.2 Å². The van der Waals surface area contributed by atoms with Crippen LogP contribution in [-0.2, 0) is 6.42 Å². The summed E-state index contributed by atoms with van der Waals surface area (Å²) < 4.78 is 7.15. The molecular formula is C44H26N4S. The highest BCUT2D eigenvalue weighted by molar-refractivity contribution is 7.27. The number of fused-ring (bicyclic) bond motifs is 10. The molecule has 1 aliphatic rings. The van der Waals surface area contributed by atoms with Gasteiger partial charge in [0.2, 0.25) is 0 Å². The van der Waals surface area contributed by atoms with E-state index in [1.807, 2.05) is 53.8 Å². The van der Waals surface area contributed by atoms with E-state index in [4.69, 9.17) is 0 Å². The van der Waals surface area contributed by atoms with Gasteiger partial charge < -0.3 is 9.13 Å². The first-order chi connectivity index (χ1) is 24.2. The lowest BCUT2D eigenvalue weighted by atomic mass is 9.96. The van der Waals surface area contributed by atoms with Crippen LogP contribution in [0.3, 0.4) is 0 Å². The second kappa shape index (κ2) is 10.6. The summed E-state index contributed by atoms with van der Waals surface area (Å²) in [7, 11) is 0. The SMILES string of the molecule is N#Cc1ccc2c(c1)c1ccccc1n2-c1cccc(C#N)c1-c1cccc2c1sc1c2ccc2c3c(n(-c4ccccc4)c21)CCC=C3. The number of nitrogens with zero attached hydrogens (tertiary/aromatic N) is 4. The number of hydrogen-bond acceptors (Lipinski definition) is 3. The fourth-order valence-corrected chi connectivity index (χ4v) is 9.37. The predicted octanol–water partition coefficient (Wildman–Crippen LogP) is 11.5. The maximum absolute atomic E-state index is 10.6. The third-order valence-corrected chi connectivity index (χ3v) is 11.3. The molecule has 228 valence electrons. The van der Waals surface area contributed by atoms with Crippen LogP contribution in [0.25, 0.3) is 81.5 Å². The highest BCUT2D eigenvalue weighted by Gasteiger charge is 2.24. The van der Waals surface area contributed by atoms with Crippen LogP contribution in [0.15, 0.2) is 127 Å². The van der Waals surface area contributed by atoms with E-state index >= 15 is 0 Å². The van der Waals surface area contributed by atoms with Gasteiger partial charge >= 0.3 is 0 Å². The Morgan fingerprint density at radius 1 is 0.612 bits per heavy atom. The lowest BCUT2D eigenvalue weighted by molar-refractivity contribution is 0.890. The Bertz CT molecular complexity index is 2960. The first kappa shape index (κ1) is 27.7. The average Bonchev–Trinajstić information content (AvgIpc) is 3.82. The van der Waals surface area contributed by atoms with Crippen LogP contribution < -0.4 is 0 Å². The van der Waals surface area contributed by atoms with Gasteiger partial charge in [0.1, 0.15) is 0 Å². The molecule has 6 aromatic carbocycles. The molecule has 0 saturated carbocycles. The van der Waals surface area contributed by atoms with Gasteiger partial charge in [0, 0.05) is 59.7 Å². The van der Waals surface area contributed by atoms with E-state index in [0.29, 0.717) is 11.1 Å². The predicted molar refractivity (Wildman–Crippen MR) is 203 cm³/mol. The molecule has 0 spiro atoms. The number of aromatic nitrogens is 2. The van der Waals surface area contributed by atoms with Crippen LogP contribution in [0, 0.1) is 22.7 Å². The molecule has 1 aliphatic carbocycles. The lowest BCUT2D eigenvalue weighted by Gasteiger charge is -2.16. The van der Waals surface area contributed by atoms with Crippen LogP contribution in [0.2, 0.25) is 0 Å². The fourth-order valence-electron chi connectivity index (χ4n) is 8.02. The van der Waals surface area contributed by atoms with Crippen LogP contribution in [0.1, 0.15) is 28.8 Å². The standard InChI is InChI=1S/C44H26N4S/c45-25-27-20-23-39-36(24-27)31-14-5-7-18-38(31)48(39)40-19-8-10-28(26-46)41(40)35-16-9-15-33-34-22-21-32-30-13-4-6-17-37(30)47(29-11-2-1-3-12-29)42(32)44(34)49-43(33)35/h1-5,7-16,18-24H,6,17H2. The van der Waals surface area contributed by atoms with Gasteiger partial charge in [0.25, 0.3) is 0 Å². The number of hydrogen-bond donors (Lipinski definition) is 0. The smallest absolute Gasteiger partial charge is 0.0998 e. The summed E-state index contributed by atoms with van der Waals surface area (Å²) in [5, 5.41) is 26.1. The molecule has 0 aliphatic heterocycles. The van der Waals surface area contributed by atoms with Crippen molar-refractivity contribution in [2.75, 3.05) is 0 Å². The maximum Gasteiger partial charge on any atom is 0.0998 e. The fraction of sp³-hybridized carbons (Fsp3) is 0.0455. The summed E-state index contributed by atoms with van der Waals surface area (Å²) in [6.07, 6.45) is 6.62. The summed E-state index contributed by atoms with van der Waals surface area (Å²) in [6, 6.07) is 46.9. The van der Waals surface area contributed by atoms with E-state index in [2.05, 4.69) is 112 Å². The number of benzene rings is 6. The molecule has 0 atom stereocenters. The summed E-state index contributed by atoms with van der Waals surface area (Å²) >= 11 is 1.82. The summed E-state index contributed by atoms with van der Waals surface area (Å²) in [4.78, 5) is 0. The summed E-state index contributed by atoms with van der Waals surface area (Å²) in [5.41, 5.74) is 11.3. The van der Waals surface area contributed by atoms with Gasteiger partial charge in [-0.05, 0) is 61.4 Å². The molecule has 0 N–H and O–H groups in total. The zero-order valence-electron chi connectivity index (χ0n) is 26.3. The molecule has 0 radical (unpaired) electrons. The Labute approximate surface area is 286 Å². The van der Waals surface area contributed by atoms with Crippen molar-refractivity contribution >= 4 is 70.3 Å². The Morgan fingerprint density at radius 3 is 2.27 bits per heavy atom. The molecule has 49 heavy (non-hydrogen) atoms. The molecule has 5 heteroatoms. The van der Waals surface area contributed by atoms with Gasteiger partial charge in [-0.3, -0.25) is 0 Å². The topological polar surface area (TPSA) is 57.4 Å². The van der Waals surface area contributed by atoms with Gasteiger partial charge in [0.15, 0.2) is 0 Å². The third kappa shape index (κ3) is 3.88. The van der Waals surface area contributed by atoms with Crippen LogP contribution in [0.5, 0.6) is 0 Å². The zero-order chi connectivity index (χ0) is 32.6. The van der Waals surface area contributed by atoms with Crippen LogP contribution >= 0.6 is 11.3 Å².